The Bertz CT molecular complexity index is 289. The molecule has 2 nitrogen and oxygen atoms in total. The molecule has 0 spiro atoms. The zero-order valence-electron chi connectivity index (χ0n) is 8.04. The second kappa shape index (κ2) is 4.42. The van der Waals surface area contributed by atoms with Crippen LogP contribution in [0.25, 0.3) is 0 Å². The van der Waals surface area contributed by atoms with Gasteiger partial charge in [-0.1, -0.05) is 13.8 Å². The van der Waals surface area contributed by atoms with Gasteiger partial charge in [-0.25, -0.2) is 0 Å². The molecule has 0 radical (unpaired) electrons. The number of amides is 1. The Morgan fingerprint density at radius 2 is 2.15 bits per heavy atom. The summed E-state index contributed by atoms with van der Waals surface area (Å²) in [5, 5.41) is 1.94. The standard InChI is InChI=1S/C10H15NOS/c1-3-7(4-2)8-5-6-13-9(8)10(11)12/h5-7H,3-4H2,1-2H3,(H2,11,12). The predicted molar refractivity (Wildman–Crippen MR) is 56.2 cm³/mol. The van der Waals surface area contributed by atoms with Gasteiger partial charge in [0.15, 0.2) is 0 Å². The van der Waals surface area contributed by atoms with Gasteiger partial charge in [0.05, 0.1) is 4.88 Å². The molecule has 1 aromatic rings. The molecule has 0 aliphatic carbocycles. The third kappa shape index (κ3) is 2.10. The molecule has 0 aromatic carbocycles. The van der Waals surface area contributed by atoms with Gasteiger partial charge >= 0.3 is 0 Å². The highest BCUT2D eigenvalue weighted by atomic mass is 32.1. The number of primary amides is 1. The fourth-order valence-corrected chi connectivity index (χ4v) is 2.41. The maximum Gasteiger partial charge on any atom is 0.259 e. The summed E-state index contributed by atoms with van der Waals surface area (Å²) in [6.45, 7) is 4.27. The Morgan fingerprint density at radius 3 is 2.62 bits per heavy atom. The first kappa shape index (κ1) is 10.3. The van der Waals surface area contributed by atoms with Gasteiger partial charge in [-0.15, -0.1) is 11.3 Å². The van der Waals surface area contributed by atoms with Gasteiger partial charge in [0, 0.05) is 0 Å². The number of carbonyl (C=O) groups is 1. The molecule has 13 heavy (non-hydrogen) atoms. The Balaban J connectivity index is 2.98. The van der Waals surface area contributed by atoms with Crippen molar-refractivity contribution >= 4 is 17.2 Å². The van der Waals surface area contributed by atoms with Crippen molar-refractivity contribution in [3.8, 4) is 0 Å². The van der Waals surface area contributed by atoms with E-state index >= 15 is 0 Å². The molecule has 3 heteroatoms. The molecule has 0 bridgehead atoms. The molecule has 0 fully saturated rings. The minimum absolute atomic E-state index is 0.295. The summed E-state index contributed by atoms with van der Waals surface area (Å²) in [4.78, 5) is 11.8. The van der Waals surface area contributed by atoms with Crippen LogP contribution in [-0.2, 0) is 0 Å². The average Bonchev–Trinajstić information content (AvgIpc) is 2.55. The predicted octanol–water partition coefficient (Wildman–Crippen LogP) is 2.75. The molecule has 2 N–H and O–H groups in total. The molecule has 1 rings (SSSR count). The first-order chi connectivity index (χ1) is 6.20. The smallest absolute Gasteiger partial charge is 0.259 e. The fourth-order valence-electron chi connectivity index (χ4n) is 1.57. The monoisotopic (exact) mass is 197 g/mol. The lowest BCUT2D eigenvalue weighted by Crippen LogP contribution is -2.12. The van der Waals surface area contributed by atoms with Crippen LogP contribution < -0.4 is 5.73 Å². The van der Waals surface area contributed by atoms with Gasteiger partial charge in [0.2, 0.25) is 0 Å². The molecule has 0 saturated heterocycles. The van der Waals surface area contributed by atoms with E-state index in [0.29, 0.717) is 5.92 Å². The van der Waals surface area contributed by atoms with Gasteiger partial charge < -0.3 is 5.73 Å². The molecule has 1 amide bonds. The van der Waals surface area contributed by atoms with Crippen LogP contribution in [0.15, 0.2) is 11.4 Å². The number of hydrogen-bond donors (Lipinski definition) is 1. The van der Waals surface area contributed by atoms with E-state index in [1.54, 1.807) is 0 Å². The van der Waals surface area contributed by atoms with E-state index in [9.17, 15) is 4.79 Å². The zero-order chi connectivity index (χ0) is 9.84. The van der Waals surface area contributed by atoms with Crippen molar-refractivity contribution in [2.24, 2.45) is 5.73 Å². The quantitative estimate of drug-likeness (QED) is 0.792. The van der Waals surface area contributed by atoms with Crippen LogP contribution in [0, 0.1) is 0 Å². The summed E-state index contributed by atoms with van der Waals surface area (Å²) in [5.41, 5.74) is 6.41. The number of hydrogen-bond acceptors (Lipinski definition) is 2. The van der Waals surface area contributed by atoms with Crippen LogP contribution in [0.1, 0.15) is 47.8 Å². The van der Waals surface area contributed by atoms with Gasteiger partial charge in [-0.05, 0) is 35.8 Å². The molecular weight excluding hydrogens is 182 g/mol. The number of rotatable bonds is 4. The third-order valence-corrected chi connectivity index (χ3v) is 3.29. The average molecular weight is 197 g/mol. The lowest BCUT2D eigenvalue weighted by molar-refractivity contribution is 0.100. The van der Waals surface area contributed by atoms with E-state index in [4.69, 9.17) is 5.73 Å². The lowest BCUT2D eigenvalue weighted by atomic mass is 9.94. The van der Waals surface area contributed by atoms with Gasteiger partial charge in [-0.3, -0.25) is 4.79 Å². The van der Waals surface area contributed by atoms with Crippen molar-refractivity contribution in [1.82, 2.24) is 0 Å². The summed E-state index contributed by atoms with van der Waals surface area (Å²) in [7, 11) is 0. The molecule has 1 aromatic heterocycles. The summed E-state index contributed by atoms with van der Waals surface area (Å²) in [6, 6.07) is 2.02. The molecule has 0 aliphatic heterocycles. The highest BCUT2D eigenvalue weighted by Gasteiger charge is 2.15. The van der Waals surface area contributed by atoms with Crippen LogP contribution in [0.2, 0.25) is 0 Å². The van der Waals surface area contributed by atoms with Crippen LogP contribution in [0.3, 0.4) is 0 Å². The topological polar surface area (TPSA) is 43.1 Å². The fraction of sp³-hybridized carbons (Fsp3) is 0.500. The highest BCUT2D eigenvalue weighted by Crippen LogP contribution is 2.29. The Labute approximate surface area is 82.8 Å². The second-order valence-corrected chi connectivity index (χ2v) is 4.00. The molecule has 72 valence electrons. The SMILES string of the molecule is CCC(CC)c1ccsc1C(N)=O. The van der Waals surface area contributed by atoms with Crippen molar-refractivity contribution in [2.45, 2.75) is 32.6 Å². The summed E-state index contributed by atoms with van der Waals surface area (Å²) >= 11 is 1.44. The summed E-state index contributed by atoms with van der Waals surface area (Å²) in [6.07, 6.45) is 2.13. The molecule has 0 aliphatic rings. The molecule has 0 saturated carbocycles. The summed E-state index contributed by atoms with van der Waals surface area (Å²) in [5.74, 6) is 0.186. The van der Waals surface area contributed by atoms with Gasteiger partial charge in [-0.2, -0.15) is 0 Å². The first-order valence-electron chi connectivity index (χ1n) is 4.57. The van der Waals surface area contributed by atoms with Crippen LogP contribution in [0.4, 0.5) is 0 Å². The van der Waals surface area contributed by atoms with Crippen molar-refractivity contribution < 1.29 is 4.79 Å². The van der Waals surface area contributed by atoms with Crippen LogP contribution in [0.5, 0.6) is 0 Å². The van der Waals surface area contributed by atoms with Crippen molar-refractivity contribution in [3.63, 3.8) is 0 Å². The maximum atomic E-state index is 11.1. The Morgan fingerprint density at radius 1 is 1.54 bits per heavy atom. The van der Waals surface area contributed by atoms with Gasteiger partial charge in [0.1, 0.15) is 0 Å². The molecular formula is C10H15NOS. The van der Waals surface area contributed by atoms with Crippen LogP contribution in [-0.4, -0.2) is 5.91 Å². The molecule has 0 unspecified atom stereocenters. The van der Waals surface area contributed by atoms with E-state index in [0.717, 1.165) is 23.3 Å². The molecule has 1 heterocycles. The van der Waals surface area contributed by atoms with Gasteiger partial charge in [0.25, 0.3) is 5.91 Å². The maximum absolute atomic E-state index is 11.1. The zero-order valence-corrected chi connectivity index (χ0v) is 8.86. The normalized spacial score (nSPS) is 10.7. The van der Waals surface area contributed by atoms with Crippen molar-refractivity contribution in [1.29, 1.82) is 0 Å². The second-order valence-electron chi connectivity index (χ2n) is 3.08. The Hall–Kier alpha value is -0.830. The van der Waals surface area contributed by atoms with Crippen LogP contribution >= 0.6 is 11.3 Å². The number of carbonyl (C=O) groups excluding carboxylic acids is 1. The summed E-state index contributed by atoms with van der Waals surface area (Å²) < 4.78 is 0. The molecule has 0 atom stereocenters. The number of nitrogens with two attached hydrogens (primary N) is 1. The van der Waals surface area contributed by atoms with E-state index in [-0.39, 0.29) is 5.91 Å². The van der Waals surface area contributed by atoms with E-state index in [1.165, 1.54) is 11.3 Å². The largest absolute Gasteiger partial charge is 0.365 e. The lowest BCUT2D eigenvalue weighted by Gasteiger charge is -2.11. The minimum atomic E-state index is -0.295. The number of thiophene rings is 1. The first-order valence-corrected chi connectivity index (χ1v) is 5.45. The highest BCUT2D eigenvalue weighted by molar-refractivity contribution is 7.12. The Kier molecular flexibility index (Phi) is 3.48. The van der Waals surface area contributed by atoms with E-state index in [1.807, 2.05) is 11.4 Å². The van der Waals surface area contributed by atoms with Crippen molar-refractivity contribution in [3.05, 3.63) is 21.9 Å². The van der Waals surface area contributed by atoms with E-state index < -0.39 is 0 Å². The van der Waals surface area contributed by atoms with Crippen molar-refractivity contribution in [2.75, 3.05) is 0 Å². The van der Waals surface area contributed by atoms with E-state index in [2.05, 4.69) is 13.8 Å². The minimum Gasteiger partial charge on any atom is -0.365 e. The third-order valence-electron chi connectivity index (χ3n) is 2.34.